The molecule has 0 fully saturated rings. The number of nitrogens with two attached hydrogens (primary N) is 1. The maximum absolute atomic E-state index is 10.9. The maximum atomic E-state index is 10.9. The first-order valence-corrected chi connectivity index (χ1v) is 4.60. The Morgan fingerprint density at radius 1 is 1.36 bits per heavy atom. The highest BCUT2D eigenvalue weighted by molar-refractivity contribution is 5.96. The van der Waals surface area contributed by atoms with Crippen LogP contribution in [0.5, 0.6) is 5.75 Å². The lowest BCUT2D eigenvalue weighted by molar-refractivity contribution is 0.0997. The topological polar surface area (TPSA) is 52.3 Å². The number of hydrogen-bond donors (Lipinski definition) is 1. The summed E-state index contributed by atoms with van der Waals surface area (Å²) in [5.74, 6) is 0.0977. The molecule has 0 bridgehead atoms. The molecule has 1 aromatic rings. The lowest BCUT2D eigenvalue weighted by Crippen LogP contribution is -2.12. The predicted molar refractivity (Wildman–Crippen MR) is 57.6 cm³/mol. The van der Waals surface area contributed by atoms with Crippen LogP contribution in [0.1, 0.15) is 29.8 Å². The van der Waals surface area contributed by atoms with E-state index in [1.54, 1.807) is 12.1 Å². The fraction of sp³-hybridized carbons (Fsp3) is 0.364. The van der Waals surface area contributed by atoms with Crippen LogP contribution in [0.2, 0.25) is 0 Å². The van der Waals surface area contributed by atoms with Crippen molar-refractivity contribution in [3.05, 3.63) is 29.3 Å². The minimum Gasteiger partial charge on any atom is -0.496 e. The molecule has 0 saturated carbocycles. The van der Waals surface area contributed by atoms with Gasteiger partial charge < -0.3 is 10.5 Å². The number of aryl methyl sites for hydroxylation is 1. The van der Waals surface area contributed by atoms with E-state index in [4.69, 9.17) is 10.5 Å². The quantitative estimate of drug-likeness (QED) is 0.785. The number of carbonyl (C=O) groups is 1. The molecule has 0 aliphatic rings. The van der Waals surface area contributed by atoms with Crippen LogP contribution in [0.3, 0.4) is 0 Å². The summed E-state index contributed by atoms with van der Waals surface area (Å²) in [4.78, 5) is 10.9. The molecule has 3 heteroatoms. The highest BCUT2D eigenvalue weighted by atomic mass is 16.5. The van der Waals surface area contributed by atoms with Gasteiger partial charge in [-0.2, -0.15) is 0 Å². The molecule has 78 valence electrons. The number of amides is 1. The molecule has 0 aliphatic carbocycles. The van der Waals surface area contributed by atoms with Crippen molar-refractivity contribution < 1.29 is 9.53 Å². The van der Waals surface area contributed by atoms with Gasteiger partial charge in [0.05, 0.1) is 12.7 Å². The van der Waals surface area contributed by atoms with Crippen molar-refractivity contribution in [3.63, 3.8) is 0 Å². The number of ether oxygens (including phenoxy) is 1. The molecule has 1 amide bonds. The van der Waals surface area contributed by atoms with Gasteiger partial charge in [0.2, 0.25) is 0 Å². The van der Waals surface area contributed by atoms with Crippen LogP contribution in [-0.2, 0) is 0 Å². The largest absolute Gasteiger partial charge is 0.496 e. The smallest absolute Gasteiger partial charge is 0.252 e. The third-order valence-corrected chi connectivity index (χ3v) is 1.68. The van der Waals surface area contributed by atoms with Crippen molar-refractivity contribution in [1.29, 1.82) is 0 Å². The van der Waals surface area contributed by atoms with Crippen LogP contribution in [0.15, 0.2) is 18.2 Å². The Hall–Kier alpha value is -1.51. The number of para-hydroxylation sites is 1. The lowest BCUT2D eigenvalue weighted by Gasteiger charge is -2.07. The first-order chi connectivity index (χ1) is 6.66. The van der Waals surface area contributed by atoms with Crippen LogP contribution in [-0.4, -0.2) is 13.0 Å². The summed E-state index contributed by atoms with van der Waals surface area (Å²) in [6.45, 7) is 5.87. The van der Waals surface area contributed by atoms with Gasteiger partial charge in [0.1, 0.15) is 5.75 Å². The summed E-state index contributed by atoms with van der Waals surface area (Å²) in [7, 11) is 1.52. The third-order valence-electron chi connectivity index (χ3n) is 1.68. The van der Waals surface area contributed by atoms with Crippen molar-refractivity contribution in [2.75, 3.05) is 7.11 Å². The Labute approximate surface area is 84.9 Å². The monoisotopic (exact) mass is 195 g/mol. The van der Waals surface area contributed by atoms with E-state index in [0.717, 1.165) is 5.56 Å². The fourth-order valence-corrected chi connectivity index (χ4v) is 1.12. The SMILES string of the molecule is CC.COc1c(C)cccc1C(N)=O. The molecule has 2 N–H and O–H groups in total. The number of primary amides is 1. The maximum Gasteiger partial charge on any atom is 0.252 e. The summed E-state index contributed by atoms with van der Waals surface area (Å²) < 4.78 is 5.04. The molecule has 14 heavy (non-hydrogen) atoms. The summed E-state index contributed by atoms with van der Waals surface area (Å²) in [5.41, 5.74) is 6.48. The molecule has 0 aliphatic heterocycles. The Kier molecular flexibility index (Phi) is 5.37. The van der Waals surface area contributed by atoms with E-state index in [9.17, 15) is 4.79 Å². The number of rotatable bonds is 2. The van der Waals surface area contributed by atoms with Gasteiger partial charge in [0.15, 0.2) is 0 Å². The molecule has 1 aromatic carbocycles. The molecular weight excluding hydrogens is 178 g/mol. The number of methoxy groups -OCH3 is 1. The third kappa shape index (κ3) is 2.76. The summed E-state index contributed by atoms with van der Waals surface area (Å²) in [5, 5.41) is 0. The van der Waals surface area contributed by atoms with Gasteiger partial charge in [-0.05, 0) is 18.6 Å². The van der Waals surface area contributed by atoms with Crippen LogP contribution >= 0.6 is 0 Å². The van der Waals surface area contributed by atoms with Crippen molar-refractivity contribution in [1.82, 2.24) is 0 Å². The molecule has 3 nitrogen and oxygen atoms in total. The fourth-order valence-electron chi connectivity index (χ4n) is 1.12. The number of hydrogen-bond acceptors (Lipinski definition) is 2. The first kappa shape index (κ1) is 12.5. The second-order valence-electron chi connectivity index (χ2n) is 2.52. The van der Waals surface area contributed by atoms with E-state index in [2.05, 4.69) is 0 Å². The minimum absolute atomic E-state index is 0.428. The number of benzene rings is 1. The lowest BCUT2D eigenvalue weighted by atomic mass is 10.1. The first-order valence-electron chi connectivity index (χ1n) is 4.60. The van der Waals surface area contributed by atoms with Gasteiger partial charge >= 0.3 is 0 Å². The van der Waals surface area contributed by atoms with Gasteiger partial charge in [-0.1, -0.05) is 26.0 Å². The van der Waals surface area contributed by atoms with Gasteiger partial charge in [0.25, 0.3) is 5.91 Å². The molecule has 0 radical (unpaired) electrons. The molecule has 0 atom stereocenters. The summed E-state index contributed by atoms with van der Waals surface area (Å²) in [6, 6.07) is 5.29. The normalized spacial score (nSPS) is 8.57. The number of carbonyl (C=O) groups excluding carboxylic acids is 1. The summed E-state index contributed by atoms with van der Waals surface area (Å²) >= 11 is 0. The Morgan fingerprint density at radius 3 is 2.29 bits per heavy atom. The zero-order chi connectivity index (χ0) is 11.1. The van der Waals surface area contributed by atoms with Crippen molar-refractivity contribution in [2.24, 2.45) is 5.73 Å². The highest BCUT2D eigenvalue weighted by Crippen LogP contribution is 2.21. The molecule has 0 heterocycles. The van der Waals surface area contributed by atoms with Crippen molar-refractivity contribution in [3.8, 4) is 5.75 Å². The Bertz CT molecular complexity index is 308. The standard InChI is InChI=1S/C9H11NO2.C2H6/c1-6-4-3-5-7(9(10)11)8(6)12-2;1-2/h3-5H,1-2H3,(H2,10,11);1-2H3. The van der Waals surface area contributed by atoms with Crippen molar-refractivity contribution in [2.45, 2.75) is 20.8 Å². The van der Waals surface area contributed by atoms with E-state index in [-0.39, 0.29) is 0 Å². The van der Waals surface area contributed by atoms with E-state index in [0.29, 0.717) is 11.3 Å². The van der Waals surface area contributed by atoms with Crippen LogP contribution in [0, 0.1) is 6.92 Å². The van der Waals surface area contributed by atoms with E-state index in [1.807, 2.05) is 26.8 Å². The summed E-state index contributed by atoms with van der Waals surface area (Å²) in [6.07, 6.45) is 0. The van der Waals surface area contributed by atoms with Gasteiger partial charge in [-0.25, -0.2) is 0 Å². The van der Waals surface area contributed by atoms with Crippen LogP contribution < -0.4 is 10.5 Å². The Morgan fingerprint density at radius 2 is 1.93 bits per heavy atom. The molecular formula is C11H17NO2. The second-order valence-corrected chi connectivity index (χ2v) is 2.52. The molecule has 0 unspecified atom stereocenters. The highest BCUT2D eigenvalue weighted by Gasteiger charge is 2.09. The average molecular weight is 195 g/mol. The molecule has 0 saturated heterocycles. The van der Waals surface area contributed by atoms with E-state index in [1.165, 1.54) is 7.11 Å². The van der Waals surface area contributed by atoms with E-state index >= 15 is 0 Å². The van der Waals surface area contributed by atoms with Crippen LogP contribution in [0.4, 0.5) is 0 Å². The average Bonchev–Trinajstić information content (AvgIpc) is 2.20. The minimum atomic E-state index is -0.462. The van der Waals surface area contributed by atoms with Gasteiger partial charge in [0, 0.05) is 0 Å². The van der Waals surface area contributed by atoms with E-state index < -0.39 is 5.91 Å². The zero-order valence-corrected chi connectivity index (χ0v) is 9.13. The van der Waals surface area contributed by atoms with Crippen molar-refractivity contribution >= 4 is 5.91 Å². The molecule has 0 spiro atoms. The second kappa shape index (κ2) is 6.02. The Balaban J connectivity index is 0.000000791. The zero-order valence-electron chi connectivity index (χ0n) is 9.13. The van der Waals surface area contributed by atoms with Gasteiger partial charge in [-0.3, -0.25) is 4.79 Å². The predicted octanol–water partition coefficient (Wildman–Crippen LogP) is 2.13. The molecule has 1 rings (SSSR count). The molecule has 0 aromatic heterocycles. The van der Waals surface area contributed by atoms with Crippen LogP contribution in [0.25, 0.3) is 0 Å². The van der Waals surface area contributed by atoms with Gasteiger partial charge in [-0.15, -0.1) is 0 Å².